The van der Waals surface area contributed by atoms with Crippen molar-refractivity contribution in [3.05, 3.63) is 36.1 Å². The lowest BCUT2D eigenvalue weighted by atomic mass is 9.74. The SMILES string of the molecule is C=C1CCC[C@@](C)(OC(C)=O)CC[C@@H]2C(C(=O)C=CC(C)(C)O)=CO[C@@H](OC(C)=O)[C@@H]12. The van der Waals surface area contributed by atoms with Gasteiger partial charge in [-0.15, -0.1) is 0 Å². The maximum absolute atomic E-state index is 13.0. The zero-order chi connectivity index (χ0) is 23.4. The van der Waals surface area contributed by atoms with Crippen LogP contribution in [-0.4, -0.2) is 40.3 Å². The van der Waals surface area contributed by atoms with Gasteiger partial charge < -0.3 is 19.3 Å². The Balaban J connectivity index is 2.43. The van der Waals surface area contributed by atoms with Gasteiger partial charge in [0.15, 0.2) is 5.78 Å². The van der Waals surface area contributed by atoms with Gasteiger partial charge in [0.25, 0.3) is 0 Å². The molecule has 1 aliphatic heterocycles. The van der Waals surface area contributed by atoms with Crippen molar-refractivity contribution in [2.45, 2.75) is 84.2 Å². The van der Waals surface area contributed by atoms with Gasteiger partial charge in [0.1, 0.15) is 5.60 Å². The molecule has 0 aromatic carbocycles. The van der Waals surface area contributed by atoms with Crippen LogP contribution in [0.4, 0.5) is 0 Å². The number of aliphatic hydroxyl groups is 1. The minimum atomic E-state index is -1.14. The van der Waals surface area contributed by atoms with Crippen LogP contribution in [-0.2, 0) is 28.6 Å². The van der Waals surface area contributed by atoms with Crippen LogP contribution < -0.4 is 0 Å². The number of fused-ring (bicyclic) bond motifs is 1. The Hall–Kier alpha value is -2.41. The zero-order valence-corrected chi connectivity index (χ0v) is 19.1. The van der Waals surface area contributed by atoms with E-state index >= 15 is 0 Å². The first-order valence-electron chi connectivity index (χ1n) is 10.7. The van der Waals surface area contributed by atoms with Crippen molar-refractivity contribution in [1.29, 1.82) is 0 Å². The largest absolute Gasteiger partial charge is 0.461 e. The lowest BCUT2D eigenvalue weighted by molar-refractivity contribution is -0.180. The first-order chi connectivity index (χ1) is 14.3. The van der Waals surface area contributed by atoms with E-state index in [1.807, 2.05) is 6.92 Å². The molecule has 7 nitrogen and oxygen atoms in total. The van der Waals surface area contributed by atoms with Gasteiger partial charge in [-0.1, -0.05) is 12.2 Å². The number of esters is 2. The summed E-state index contributed by atoms with van der Waals surface area (Å²) in [5.74, 6) is -1.85. The number of hydrogen-bond acceptors (Lipinski definition) is 7. The minimum Gasteiger partial charge on any atom is -0.461 e. The Kier molecular flexibility index (Phi) is 7.87. The fourth-order valence-electron chi connectivity index (χ4n) is 4.28. The van der Waals surface area contributed by atoms with Gasteiger partial charge in [-0.05, 0) is 65.0 Å². The third-order valence-electron chi connectivity index (χ3n) is 5.71. The van der Waals surface area contributed by atoms with Crippen molar-refractivity contribution in [3.8, 4) is 0 Å². The van der Waals surface area contributed by atoms with Gasteiger partial charge in [0.05, 0.1) is 17.8 Å². The molecule has 0 spiro atoms. The van der Waals surface area contributed by atoms with Crippen molar-refractivity contribution < 1.29 is 33.7 Å². The molecular weight excluding hydrogens is 400 g/mol. The summed E-state index contributed by atoms with van der Waals surface area (Å²) in [5.41, 5.74) is -0.551. The van der Waals surface area contributed by atoms with E-state index in [4.69, 9.17) is 14.2 Å². The molecule has 0 saturated heterocycles. The van der Waals surface area contributed by atoms with Crippen LogP contribution in [0.15, 0.2) is 36.1 Å². The van der Waals surface area contributed by atoms with Gasteiger partial charge in [-0.3, -0.25) is 14.4 Å². The summed E-state index contributed by atoms with van der Waals surface area (Å²) >= 11 is 0. The van der Waals surface area contributed by atoms with Gasteiger partial charge in [0, 0.05) is 25.3 Å². The molecular formula is C24H34O7. The summed E-state index contributed by atoms with van der Waals surface area (Å²) in [4.78, 5) is 36.3. The Morgan fingerprint density at radius 3 is 2.52 bits per heavy atom. The molecule has 0 aromatic heterocycles. The average Bonchev–Trinajstić information content (AvgIpc) is 2.67. The second kappa shape index (κ2) is 9.81. The molecule has 1 fully saturated rings. The molecule has 2 rings (SSSR count). The van der Waals surface area contributed by atoms with Crippen LogP contribution >= 0.6 is 0 Å². The average molecular weight is 435 g/mol. The molecule has 172 valence electrons. The molecule has 0 radical (unpaired) electrons. The fourth-order valence-corrected chi connectivity index (χ4v) is 4.28. The summed E-state index contributed by atoms with van der Waals surface area (Å²) < 4.78 is 16.7. The minimum absolute atomic E-state index is 0.292. The van der Waals surface area contributed by atoms with Crippen LogP contribution in [0, 0.1) is 11.8 Å². The molecule has 1 heterocycles. The molecule has 2 aliphatic rings. The highest BCUT2D eigenvalue weighted by Gasteiger charge is 2.44. The Bertz CT molecular complexity index is 786. The van der Waals surface area contributed by atoms with Crippen molar-refractivity contribution in [2.24, 2.45) is 11.8 Å². The highest BCUT2D eigenvalue weighted by Crippen LogP contribution is 2.44. The summed E-state index contributed by atoms with van der Waals surface area (Å²) in [7, 11) is 0. The number of rotatable bonds is 5. The molecule has 0 bridgehead atoms. The second-order valence-electron chi connectivity index (χ2n) is 9.26. The van der Waals surface area contributed by atoms with Crippen LogP contribution in [0.5, 0.6) is 0 Å². The Morgan fingerprint density at radius 1 is 1.26 bits per heavy atom. The topological polar surface area (TPSA) is 99.1 Å². The standard InChI is InChI=1S/C24H34O7/c1-15-8-7-11-24(6,31-17(3)26)13-9-18-19(20(27)10-12-23(4,5)28)14-29-22(21(15)18)30-16(2)25/h10,12,14,18,21-22,28H,1,7-9,11,13H2,2-6H3/t18-,21+,22+,24-/m1/s1. The molecule has 1 aliphatic carbocycles. The maximum Gasteiger partial charge on any atom is 0.305 e. The lowest BCUT2D eigenvalue weighted by Gasteiger charge is -2.38. The lowest BCUT2D eigenvalue weighted by Crippen LogP contribution is -2.40. The highest BCUT2D eigenvalue weighted by atomic mass is 16.7. The first kappa shape index (κ1) is 24.9. The number of allylic oxidation sites excluding steroid dienone is 2. The maximum atomic E-state index is 13.0. The van der Waals surface area contributed by atoms with Crippen LogP contribution in [0.2, 0.25) is 0 Å². The van der Waals surface area contributed by atoms with E-state index < -0.39 is 29.4 Å². The molecule has 1 N–H and O–H groups in total. The molecule has 4 atom stereocenters. The fraction of sp³-hybridized carbons (Fsp3) is 0.625. The predicted molar refractivity (Wildman–Crippen MR) is 115 cm³/mol. The third-order valence-corrected chi connectivity index (χ3v) is 5.71. The van der Waals surface area contributed by atoms with E-state index in [0.29, 0.717) is 31.3 Å². The highest BCUT2D eigenvalue weighted by molar-refractivity contribution is 6.04. The molecule has 7 heteroatoms. The predicted octanol–water partition coefficient (Wildman–Crippen LogP) is 3.76. The smallest absolute Gasteiger partial charge is 0.305 e. The number of hydrogen-bond donors (Lipinski definition) is 1. The van der Waals surface area contributed by atoms with E-state index in [2.05, 4.69) is 6.58 Å². The Labute approximate surface area is 184 Å². The van der Waals surface area contributed by atoms with Crippen molar-refractivity contribution >= 4 is 17.7 Å². The van der Waals surface area contributed by atoms with Crippen molar-refractivity contribution in [1.82, 2.24) is 0 Å². The Morgan fingerprint density at radius 2 is 1.94 bits per heavy atom. The molecule has 0 unspecified atom stereocenters. The normalized spacial score (nSPS) is 29.5. The number of ether oxygens (including phenoxy) is 3. The van der Waals surface area contributed by atoms with Gasteiger partial charge >= 0.3 is 11.9 Å². The third kappa shape index (κ3) is 7.06. The summed E-state index contributed by atoms with van der Waals surface area (Å²) in [6.07, 6.45) is 6.31. The molecule has 0 aromatic rings. The zero-order valence-electron chi connectivity index (χ0n) is 19.1. The second-order valence-corrected chi connectivity index (χ2v) is 9.26. The summed E-state index contributed by atoms with van der Waals surface area (Å²) in [6.45, 7) is 12.0. The van der Waals surface area contributed by atoms with E-state index in [-0.39, 0.29) is 17.7 Å². The summed E-state index contributed by atoms with van der Waals surface area (Å²) in [6, 6.07) is 0. The van der Waals surface area contributed by atoms with Gasteiger partial charge in [-0.25, -0.2) is 0 Å². The number of carbonyl (C=O) groups excluding carboxylic acids is 3. The molecule has 31 heavy (non-hydrogen) atoms. The van der Waals surface area contributed by atoms with Crippen LogP contribution in [0.1, 0.15) is 66.7 Å². The van der Waals surface area contributed by atoms with Crippen LogP contribution in [0.25, 0.3) is 0 Å². The van der Waals surface area contributed by atoms with Gasteiger partial charge in [-0.2, -0.15) is 0 Å². The number of ketones is 1. The van der Waals surface area contributed by atoms with E-state index in [1.54, 1.807) is 13.8 Å². The quantitative estimate of drug-likeness (QED) is 0.399. The number of carbonyl (C=O) groups is 3. The van der Waals surface area contributed by atoms with Gasteiger partial charge in [0.2, 0.25) is 6.29 Å². The monoisotopic (exact) mass is 434 g/mol. The van der Waals surface area contributed by atoms with Crippen LogP contribution in [0.3, 0.4) is 0 Å². The molecule has 0 amide bonds. The first-order valence-corrected chi connectivity index (χ1v) is 10.7. The van der Waals surface area contributed by atoms with Crippen molar-refractivity contribution in [3.63, 3.8) is 0 Å². The van der Waals surface area contributed by atoms with E-state index in [0.717, 1.165) is 12.0 Å². The van der Waals surface area contributed by atoms with E-state index in [9.17, 15) is 19.5 Å². The van der Waals surface area contributed by atoms with E-state index in [1.165, 1.54) is 32.3 Å². The van der Waals surface area contributed by atoms with Crippen molar-refractivity contribution in [2.75, 3.05) is 0 Å². The summed E-state index contributed by atoms with van der Waals surface area (Å²) in [5, 5.41) is 9.94. The molecule has 1 saturated carbocycles.